The predicted molar refractivity (Wildman–Crippen MR) is 75.5 cm³/mol. The molecule has 2 aromatic carbocycles. The Morgan fingerprint density at radius 3 is 2.40 bits per heavy atom. The number of rotatable bonds is 2. The lowest BCUT2D eigenvalue weighted by Crippen LogP contribution is -2.00. The molecule has 0 saturated carbocycles. The summed E-state index contributed by atoms with van der Waals surface area (Å²) in [5, 5.41) is 0.595. The maximum absolute atomic E-state index is 13.1. The molecule has 0 bridgehead atoms. The van der Waals surface area contributed by atoms with Crippen molar-refractivity contribution in [2.24, 2.45) is 0 Å². The van der Waals surface area contributed by atoms with E-state index in [9.17, 15) is 9.18 Å². The second-order valence-corrected chi connectivity index (χ2v) is 5.00. The highest BCUT2D eigenvalue weighted by Crippen LogP contribution is 2.23. The molecule has 3 aromatic rings. The van der Waals surface area contributed by atoms with E-state index in [1.165, 1.54) is 18.2 Å². The van der Waals surface area contributed by atoms with Crippen molar-refractivity contribution in [3.63, 3.8) is 0 Å². The molecule has 20 heavy (non-hydrogen) atoms. The number of fused-ring (bicyclic) bond motifs is 1. The van der Waals surface area contributed by atoms with E-state index >= 15 is 0 Å². The van der Waals surface area contributed by atoms with Gasteiger partial charge in [-0.05, 0) is 50.2 Å². The highest BCUT2D eigenvalue weighted by atomic mass is 19.1. The molecule has 0 spiro atoms. The van der Waals surface area contributed by atoms with E-state index in [0.717, 1.165) is 11.1 Å². The van der Waals surface area contributed by atoms with Gasteiger partial charge in [-0.25, -0.2) is 4.39 Å². The molecular weight excluding hydrogens is 255 g/mol. The largest absolute Gasteiger partial charge is 0.453 e. The first-order valence-electron chi connectivity index (χ1n) is 6.35. The fraction of sp³-hybridized carbons (Fsp3) is 0.118. The van der Waals surface area contributed by atoms with E-state index in [2.05, 4.69) is 0 Å². The van der Waals surface area contributed by atoms with Gasteiger partial charge in [-0.15, -0.1) is 0 Å². The average Bonchev–Trinajstić information content (AvgIpc) is 2.79. The topological polar surface area (TPSA) is 30.2 Å². The van der Waals surface area contributed by atoms with Gasteiger partial charge >= 0.3 is 0 Å². The molecule has 0 aliphatic heterocycles. The van der Waals surface area contributed by atoms with E-state index in [-0.39, 0.29) is 17.4 Å². The van der Waals surface area contributed by atoms with Crippen LogP contribution in [0.4, 0.5) is 4.39 Å². The third kappa shape index (κ3) is 2.23. The van der Waals surface area contributed by atoms with Crippen molar-refractivity contribution in [1.82, 2.24) is 0 Å². The molecule has 3 heteroatoms. The van der Waals surface area contributed by atoms with Gasteiger partial charge in [0.05, 0.1) is 0 Å². The number of carbonyl (C=O) groups excluding carboxylic acids is 1. The van der Waals surface area contributed by atoms with Crippen LogP contribution in [0.25, 0.3) is 11.0 Å². The number of hydrogen-bond acceptors (Lipinski definition) is 2. The summed E-state index contributed by atoms with van der Waals surface area (Å²) in [5.41, 5.74) is 3.15. The van der Waals surface area contributed by atoms with Crippen LogP contribution in [-0.4, -0.2) is 5.78 Å². The number of benzene rings is 2. The first-order chi connectivity index (χ1) is 9.52. The van der Waals surface area contributed by atoms with E-state index in [0.29, 0.717) is 16.5 Å². The van der Waals surface area contributed by atoms with Crippen LogP contribution in [0.2, 0.25) is 0 Å². The molecule has 0 amide bonds. The number of halogens is 1. The molecule has 0 N–H and O–H groups in total. The third-order valence-electron chi connectivity index (χ3n) is 3.19. The van der Waals surface area contributed by atoms with Gasteiger partial charge in [-0.2, -0.15) is 0 Å². The lowest BCUT2D eigenvalue weighted by molar-refractivity contribution is 0.101. The van der Waals surface area contributed by atoms with Crippen molar-refractivity contribution < 1.29 is 13.6 Å². The van der Waals surface area contributed by atoms with Crippen molar-refractivity contribution in [2.45, 2.75) is 13.8 Å². The monoisotopic (exact) mass is 268 g/mol. The molecule has 0 aliphatic rings. The fourth-order valence-electron chi connectivity index (χ4n) is 2.37. The Hall–Kier alpha value is -2.42. The van der Waals surface area contributed by atoms with Gasteiger partial charge in [0.25, 0.3) is 0 Å². The Morgan fingerprint density at radius 1 is 1.00 bits per heavy atom. The zero-order valence-corrected chi connectivity index (χ0v) is 11.2. The van der Waals surface area contributed by atoms with Gasteiger partial charge < -0.3 is 4.42 Å². The van der Waals surface area contributed by atoms with E-state index in [4.69, 9.17) is 4.42 Å². The summed E-state index contributed by atoms with van der Waals surface area (Å²) < 4.78 is 18.7. The molecule has 0 aliphatic carbocycles. The van der Waals surface area contributed by atoms with E-state index in [1.807, 2.05) is 32.0 Å². The van der Waals surface area contributed by atoms with Crippen molar-refractivity contribution >= 4 is 16.8 Å². The number of hydrogen-bond donors (Lipinski definition) is 0. The minimum Gasteiger partial charge on any atom is -0.453 e. The number of ketones is 1. The second-order valence-electron chi connectivity index (χ2n) is 5.00. The molecule has 0 saturated heterocycles. The Kier molecular flexibility index (Phi) is 2.90. The molecule has 1 aromatic heterocycles. The minimum absolute atomic E-state index is 0.187. The number of furan rings is 1. The standard InChI is InChI=1S/C17H13FO2/c1-10-5-11(2)7-13(6-10)17(19)16-9-12-8-14(18)3-4-15(12)20-16/h3-9H,1-2H3. The first-order valence-corrected chi connectivity index (χ1v) is 6.35. The molecule has 1 heterocycles. The Morgan fingerprint density at radius 2 is 1.70 bits per heavy atom. The average molecular weight is 268 g/mol. The molecule has 0 atom stereocenters. The van der Waals surface area contributed by atoms with E-state index in [1.54, 1.807) is 6.07 Å². The van der Waals surface area contributed by atoms with Crippen LogP contribution < -0.4 is 0 Å². The molecule has 3 rings (SSSR count). The van der Waals surface area contributed by atoms with Crippen LogP contribution in [0.1, 0.15) is 27.2 Å². The quantitative estimate of drug-likeness (QED) is 0.644. The van der Waals surface area contributed by atoms with E-state index < -0.39 is 0 Å². The Bertz CT molecular complexity index is 795. The predicted octanol–water partition coefficient (Wildman–Crippen LogP) is 4.42. The fourth-order valence-corrected chi connectivity index (χ4v) is 2.37. The molecule has 0 unspecified atom stereocenters. The molecule has 0 fully saturated rings. The van der Waals surface area contributed by atoms with Crippen LogP contribution in [0, 0.1) is 19.7 Å². The molecule has 0 radical (unpaired) electrons. The smallest absolute Gasteiger partial charge is 0.228 e. The lowest BCUT2D eigenvalue weighted by atomic mass is 10.0. The highest BCUT2D eigenvalue weighted by molar-refractivity contribution is 6.09. The van der Waals surface area contributed by atoms with Gasteiger partial charge in [-0.3, -0.25) is 4.79 Å². The Balaban J connectivity index is 2.07. The zero-order valence-electron chi connectivity index (χ0n) is 11.2. The molecular formula is C17H13FO2. The molecule has 2 nitrogen and oxygen atoms in total. The minimum atomic E-state index is -0.344. The van der Waals surface area contributed by atoms with Crippen molar-refractivity contribution in [2.75, 3.05) is 0 Å². The highest BCUT2D eigenvalue weighted by Gasteiger charge is 2.15. The zero-order chi connectivity index (χ0) is 14.3. The summed E-state index contributed by atoms with van der Waals surface area (Å²) in [5.74, 6) is -0.298. The van der Waals surface area contributed by atoms with Crippen molar-refractivity contribution in [3.05, 3.63) is 70.7 Å². The van der Waals surface area contributed by atoms with Crippen LogP contribution in [0.5, 0.6) is 0 Å². The number of aryl methyl sites for hydroxylation is 2. The van der Waals surface area contributed by atoms with Gasteiger partial charge in [0, 0.05) is 10.9 Å². The van der Waals surface area contributed by atoms with Gasteiger partial charge in [0.2, 0.25) is 5.78 Å². The summed E-state index contributed by atoms with van der Waals surface area (Å²) in [6, 6.07) is 11.4. The Labute approximate surface area is 115 Å². The summed E-state index contributed by atoms with van der Waals surface area (Å²) in [6.07, 6.45) is 0. The van der Waals surface area contributed by atoms with Gasteiger partial charge in [0.1, 0.15) is 11.4 Å². The summed E-state index contributed by atoms with van der Waals surface area (Å²) in [6.45, 7) is 3.88. The SMILES string of the molecule is Cc1cc(C)cc(C(=O)c2cc3cc(F)ccc3o2)c1. The maximum atomic E-state index is 13.1. The van der Waals surface area contributed by atoms with Crippen molar-refractivity contribution in [3.8, 4) is 0 Å². The van der Waals surface area contributed by atoms with Crippen molar-refractivity contribution in [1.29, 1.82) is 0 Å². The van der Waals surface area contributed by atoms with Crippen LogP contribution in [-0.2, 0) is 0 Å². The van der Waals surface area contributed by atoms with Gasteiger partial charge in [-0.1, -0.05) is 17.2 Å². The third-order valence-corrected chi connectivity index (χ3v) is 3.19. The van der Waals surface area contributed by atoms with Crippen LogP contribution in [0.3, 0.4) is 0 Å². The molecule has 100 valence electrons. The summed E-state index contributed by atoms with van der Waals surface area (Å²) in [7, 11) is 0. The van der Waals surface area contributed by atoms with Crippen LogP contribution in [0.15, 0.2) is 46.9 Å². The maximum Gasteiger partial charge on any atom is 0.228 e. The second kappa shape index (κ2) is 4.60. The lowest BCUT2D eigenvalue weighted by Gasteiger charge is -2.02. The summed E-state index contributed by atoms with van der Waals surface area (Å²) >= 11 is 0. The van der Waals surface area contributed by atoms with Gasteiger partial charge in [0.15, 0.2) is 5.76 Å². The summed E-state index contributed by atoms with van der Waals surface area (Å²) in [4.78, 5) is 12.4. The number of carbonyl (C=O) groups is 1. The normalized spacial score (nSPS) is 10.9. The first kappa shape index (κ1) is 12.6. The van der Waals surface area contributed by atoms with Crippen LogP contribution >= 0.6 is 0 Å².